The van der Waals surface area contributed by atoms with Gasteiger partial charge in [-0.05, 0) is 35.9 Å². The van der Waals surface area contributed by atoms with Crippen molar-refractivity contribution in [2.75, 3.05) is 13.1 Å². The second-order valence-corrected chi connectivity index (χ2v) is 8.61. The molecule has 0 atom stereocenters. The fraction of sp³-hybridized carbons (Fsp3) is 0.300. The molecule has 0 saturated carbocycles. The van der Waals surface area contributed by atoms with Gasteiger partial charge in [0.15, 0.2) is 0 Å². The minimum absolute atomic E-state index is 0.0581. The standard InChI is InChI=1S/C20H18F3N3O3S/c21-20(22,23)17-5-1-4-16(11-17)14-29-25-18-7-9-26(10-8-18)30(27,28)19-6-2-3-15(12-19)13-24/h1-6,11-12H,7-10,14H2. The lowest BCUT2D eigenvalue weighted by Crippen LogP contribution is -2.38. The van der Waals surface area contributed by atoms with Gasteiger partial charge in [-0.1, -0.05) is 23.4 Å². The number of alkyl halides is 3. The van der Waals surface area contributed by atoms with E-state index in [2.05, 4.69) is 5.16 Å². The van der Waals surface area contributed by atoms with E-state index in [9.17, 15) is 21.6 Å². The fourth-order valence-electron chi connectivity index (χ4n) is 2.99. The predicted octanol–water partition coefficient (Wildman–Crippen LogP) is 3.93. The molecule has 6 nitrogen and oxygen atoms in total. The molecule has 0 spiro atoms. The molecule has 1 aliphatic rings. The first kappa shape index (κ1) is 21.8. The molecule has 158 valence electrons. The Hall–Kier alpha value is -2.90. The molecule has 1 aliphatic heterocycles. The molecule has 30 heavy (non-hydrogen) atoms. The Labute approximate surface area is 172 Å². The number of benzene rings is 2. The van der Waals surface area contributed by atoms with Crippen molar-refractivity contribution in [2.45, 2.75) is 30.5 Å². The number of rotatable bonds is 5. The first-order valence-corrected chi connectivity index (χ1v) is 10.5. The lowest BCUT2D eigenvalue weighted by atomic mass is 10.1. The molecule has 2 aromatic rings. The summed E-state index contributed by atoms with van der Waals surface area (Å²) in [7, 11) is -3.72. The average molecular weight is 437 g/mol. The topological polar surface area (TPSA) is 82.8 Å². The van der Waals surface area contributed by atoms with Crippen LogP contribution in [0.4, 0.5) is 13.2 Å². The summed E-state index contributed by atoms with van der Waals surface area (Å²) in [5.41, 5.74) is 0.485. The molecular weight excluding hydrogens is 419 g/mol. The summed E-state index contributed by atoms with van der Waals surface area (Å²) >= 11 is 0. The van der Waals surface area contributed by atoms with Crippen LogP contribution in [0.2, 0.25) is 0 Å². The number of nitriles is 1. The molecule has 0 aromatic heterocycles. The second-order valence-electron chi connectivity index (χ2n) is 6.67. The van der Waals surface area contributed by atoms with Gasteiger partial charge in [-0.3, -0.25) is 0 Å². The van der Waals surface area contributed by atoms with Gasteiger partial charge in [0.25, 0.3) is 0 Å². The highest BCUT2D eigenvalue weighted by atomic mass is 32.2. The predicted molar refractivity (Wildman–Crippen MR) is 103 cm³/mol. The number of sulfonamides is 1. The molecular formula is C20H18F3N3O3S. The Bertz CT molecular complexity index is 1080. The van der Waals surface area contributed by atoms with Crippen molar-refractivity contribution >= 4 is 15.7 Å². The third kappa shape index (κ3) is 5.17. The van der Waals surface area contributed by atoms with Crippen LogP contribution in [0.1, 0.15) is 29.5 Å². The average Bonchev–Trinajstić information content (AvgIpc) is 2.74. The largest absolute Gasteiger partial charge is 0.416 e. The first-order valence-electron chi connectivity index (χ1n) is 9.04. The highest BCUT2D eigenvalue weighted by molar-refractivity contribution is 7.89. The van der Waals surface area contributed by atoms with Crippen LogP contribution in [0.25, 0.3) is 0 Å². The Morgan fingerprint density at radius 2 is 1.80 bits per heavy atom. The minimum atomic E-state index is -4.42. The number of piperidine rings is 1. The Morgan fingerprint density at radius 3 is 2.47 bits per heavy atom. The first-order chi connectivity index (χ1) is 14.2. The van der Waals surface area contributed by atoms with Crippen molar-refractivity contribution in [3.05, 3.63) is 65.2 Å². The maximum atomic E-state index is 12.7. The van der Waals surface area contributed by atoms with Crippen molar-refractivity contribution in [1.82, 2.24) is 4.31 Å². The molecule has 1 heterocycles. The van der Waals surface area contributed by atoms with E-state index < -0.39 is 21.8 Å². The molecule has 1 fully saturated rings. The lowest BCUT2D eigenvalue weighted by molar-refractivity contribution is -0.137. The van der Waals surface area contributed by atoms with E-state index >= 15 is 0 Å². The normalized spacial score (nSPS) is 15.5. The number of oxime groups is 1. The van der Waals surface area contributed by atoms with Gasteiger partial charge >= 0.3 is 6.18 Å². The summed E-state index contributed by atoms with van der Waals surface area (Å²) in [5.74, 6) is 0. The van der Waals surface area contributed by atoms with Crippen molar-refractivity contribution in [3.8, 4) is 6.07 Å². The molecule has 0 amide bonds. The van der Waals surface area contributed by atoms with E-state index in [1.807, 2.05) is 6.07 Å². The lowest BCUT2D eigenvalue weighted by Gasteiger charge is -2.26. The molecule has 0 radical (unpaired) electrons. The Balaban J connectivity index is 1.58. The van der Waals surface area contributed by atoms with Gasteiger partial charge in [0.1, 0.15) is 6.61 Å². The quantitative estimate of drug-likeness (QED) is 0.664. The number of hydrogen-bond donors (Lipinski definition) is 0. The van der Waals surface area contributed by atoms with Crippen molar-refractivity contribution < 1.29 is 26.4 Å². The summed E-state index contributed by atoms with van der Waals surface area (Å²) in [5, 5.41) is 12.9. The fourth-order valence-corrected chi connectivity index (χ4v) is 4.47. The summed E-state index contributed by atoms with van der Waals surface area (Å²) in [6, 6.07) is 12.5. The van der Waals surface area contributed by atoms with Crippen LogP contribution in [0, 0.1) is 11.3 Å². The van der Waals surface area contributed by atoms with Crippen molar-refractivity contribution in [3.63, 3.8) is 0 Å². The highest BCUT2D eigenvalue weighted by Crippen LogP contribution is 2.29. The van der Waals surface area contributed by atoms with Crippen molar-refractivity contribution in [2.24, 2.45) is 5.16 Å². The van der Waals surface area contributed by atoms with Crippen molar-refractivity contribution in [1.29, 1.82) is 5.26 Å². The van der Waals surface area contributed by atoms with Gasteiger partial charge in [-0.15, -0.1) is 0 Å². The van der Waals surface area contributed by atoms with Gasteiger partial charge < -0.3 is 4.84 Å². The van der Waals surface area contributed by atoms with Gasteiger partial charge in [-0.2, -0.15) is 22.7 Å². The maximum Gasteiger partial charge on any atom is 0.416 e. The number of hydrogen-bond acceptors (Lipinski definition) is 5. The SMILES string of the molecule is N#Cc1cccc(S(=O)(=O)N2CCC(=NOCc3cccc(C(F)(F)F)c3)CC2)c1. The Morgan fingerprint density at radius 1 is 1.10 bits per heavy atom. The summed E-state index contributed by atoms with van der Waals surface area (Å²) < 4.78 is 65.0. The maximum absolute atomic E-state index is 12.7. The van der Waals surface area contributed by atoms with E-state index in [0.29, 0.717) is 24.1 Å². The minimum Gasteiger partial charge on any atom is -0.391 e. The molecule has 3 rings (SSSR count). The molecule has 2 aromatic carbocycles. The van der Waals surface area contributed by atoms with E-state index in [0.717, 1.165) is 12.1 Å². The summed E-state index contributed by atoms with van der Waals surface area (Å²) in [6.45, 7) is 0.284. The third-order valence-corrected chi connectivity index (χ3v) is 6.47. The second kappa shape index (κ2) is 8.85. The van der Waals surface area contributed by atoms with Gasteiger partial charge in [0.05, 0.1) is 27.8 Å². The van der Waals surface area contributed by atoms with E-state index in [1.165, 1.54) is 40.7 Å². The molecule has 0 N–H and O–H groups in total. The smallest absolute Gasteiger partial charge is 0.391 e. The summed E-state index contributed by atoms with van der Waals surface area (Å²) in [4.78, 5) is 5.24. The van der Waals surface area contributed by atoms with Crippen LogP contribution < -0.4 is 0 Å². The van der Waals surface area contributed by atoms with Crippen LogP contribution in [0.5, 0.6) is 0 Å². The van der Waals surface area contributed by atoms with Gasteiger partial charge in [0.2, 0.25) is 10.0 Å². The van der Waals surface area contributed by atoms with Crippen LogP contribution in [0.3, 0.4) is 0 Å². The molecule has 0 unspecified atom stereocenters. The van der Waals surface area contributed by atoms with E-state index in [4.69, 9.17) is 10.1 Å². The van der Waals surface area contributed by atoms with Crippen LogP contribution in [-0.2, 0) is 27.6 Å². The molecule has 0 bridgehead atoms. The zero-order chi connectivity index (χ0) is 21.8. The number of halogens is 3. The van der Waals surface area contributed by atoms with Crippen LogP contribution in [0.15, 0.2) is 58.6 Å². The zero-order valence-corrected chi connectivity index (χ0v) is 16.6. The number of nitrogens with zero attached hydrogens (tertiary/aromatic N) is 3. The summed E-state index contributed by atoms with van der Waals surface area (Å²) in [6.07, 6.45) is -3.73. The third-order valence-electron chi connectivity index (χ3n) is 4.58. The van der Waals surface area contributed by atoms with Gasteiger partial charge in [0, 0.05) is 25.9 Å². The monoisotopic (exact) mass is 437 g/mol. The highest BCUT2D eigenvalue weighted by Gasteiger charge is 2.30. The Kier molecular flexibility index (Phi) is 6.43. The van der Waals surface area contributed by atoms with E-state index in [-0.39, 0.29) is 30.2 Å². The molecule has 0 aliphatic carbocycles. The molecule has 1 saturated heterocycles. The zero-order valence-electron chi connectivity index (χ0n) is 15.8. The van der Waals surface area contributed by atoms with Crippen LogP contribution >= 0.6 is 0 Å². The molecule has 10 heteroatoms. The van der Waals surface area contributed by atoms with Gasteiger partial charge in [-0.25, -0.2) is 8.42 Å². The van der Waals surface area contributed by atoms with Crippen LogP contribution in [-0.4, -0.2) is 31.5 Å². The van der Waals surface area contributed by atoms with E-state index in [1.54, 1.807) is 0 Å².